The molecular formula is C27H32N4O3. The van der Waals surface area contributed by atoms with Crippen LogP contribution in [0.2, 0.25) is 0 Å². The van der Waals surface area contributed by atoms with Crippen molar-refractivity contribution in [1.82, 2.24) is 14.9 Å². The molecule has 1 fully saturated rings. The fraction of sp³-hybridized carbons (Fsp3) is 0.407. The monoisotopic (exact) mass is 460 g/mol. The number of carbonyl (C=O) groups excluding carboxylic acids is 2. The predicted octanol–water partition coefficient (Wildman–Crippen LogP) is 4.03. The first-order chi connectivity index (χ1) is 16.4. The Balaban J connectivity index is 1.53. The van der Waals surface area contributed by atoms with Crippen molar-refractivity contribution >= 4 is 28.5 Å². The van der Waals surface area contributed by atoms with Crippen molar-refractivity contribution in [3.8, 4) is 0 Å². The van der Waals surface area contributed by atoms with Crippen LogP contribution in [0.1, 0.15) is 55.3 Å². The Morgan fingerprint density at radius 3 is 2.41 bits per heavy atom. The van der Waals surface area contributed by atoms with Crippen LogP contribution in [-0.4, -0.2) is 27.4 Å². The summed E-state index contributed by atoms with van der Waals surface area (Å²) in [6.45, 7) is 3.75. The quantitative estimate of drug-likeness (QED) is 0.557. The molecule has 178 valence electrons. The second-order valence-electron chi connectivity index (χ2n) is 9.16. The lowest BCUT2D eigenvalue weighted by molar-refractivity contribution is -0.122. The van der Waals surface area contributed by atoms with Crippen LogP contribution in [0.5, 0.6) is 0 Å². The van der Waals surface area contributed by atoms with Crippen LogP contribution in [-0.2, 0) is 22.6 Å². The molecule has 0 aliphatic heterocycles. The minimum Gasteiger partial charge on any atom is -0.353 e. The Labute approximate surface area is 199 Å². The molecule has 0 radical (unpaired) electrons. The number of nitrogens with one attached hydrogen (secondary N) is 2. The molecule has 0 atom stereocenters. The number of para-hydroxylation sites is 3. The standard InChI is InChI=1S/C27H32N4O3/c1-18-9-8-10-19(2)26(18)30-25(33)17-31-23-14-7-6-13-21(23)29-22(27(31)34)15-16-24(32)28-20-11-4-3-5-12-20/h6-10,13-14,20H,3-5,11-12,15-17H2,1-2H3,(H,28,32)(H,30,33). The zero-order chi connectivity index (χ0) is 24.1. The van der Waals surface area contributed by atoms with Crippen LogP contribution in [0.4, 0.5) is 5.69 Å². The topological polar surface area (TPSA) is 93.1 Å². The SMILES string of the molecule is Cc1cccc(C)c1NC(=O)Cn1c(=O)c(CCC(=O)NC2CCCCC2)nc2ccccc21. The molecule has 0 spiro atoms. The van der Waals surface area contributed by atoms with Crippen LogP contribution >= 0.6 is 0 Å². The largest absolute Gasteiger partial charge is 0.353 e. The number of aryl methyl sites for hydroxylation is 3. The Morgan fingerprint density at radius 2 is 1.68 bits per heavy atom. The van der Waals surface area contributed by atoms with E-state index in [-0.39, 0.29) is 42.8 Å². The van der Waals surface area contributed by atoms with Gasteiger partial charge in [-0.2, -0.15) is 0 Å². The summed E-state index contributed by atoms with van der Waals surface area (Å²) >= 11 is 0. The van der Waals surface area contributed by atoms with E-state index in [1.54, 1.807) is 6.07 Å². The van der Waals surface area contributed by atoms with E-state index in [0.717, 1.165) is 42.5 Å². The van der Waals surface area contributed by atoms with Gasteiger partial charge >= 0.3 is 0 Å². The maximum absolute atomic E-state index is 13.3. The minimum absolute atomic E-state index is 0.0550. The lowest BCUT2D eigenvalue weighted by Gasteiger charge is -2.22. The molecule has 7 nitrogen and oxygen atoms in total. The maximum atomic E-state index is 13.3. The van der Waals surface area contributed by atoms with Crippen molar-refractivity contribution < 1.29 is 9.59 Å². The molecule has 0 unspecified atom stereocenters. The second-order valence-corrected chi connectivity index (χ2v) is 9.16. The summed E-state index contributed by atoms with van der Waals surface area (Å²) in [5.41, 5.74) is 3.89. The number of amides is 2. The lowest BCUT2D eigenvalue weighted by atomic mass is 9.95. The fourth-order valence-electron chi connectivity index (χ4n) is 4.68. The van der Waals surface area contributed by atoms with Crippen molar-refractivity contribution in [3.63, 3.8) is 0 Å². The van der Waals surface area contributed by atoms with Crippen molar-refractivity contribution in [3.05, 3.63) is 69.6 Å². The summed E-state index contributed by atoms with van der Waals surface area (Å²) in [4.78, 5) is 43.2. The van der Waals surface area contributed by atoms with E-state index in [1.807, 2.05) is 50.2 Å². The summed E-state index contributed by atoms with van der Waals surface area (Å²) in [6, 6.07) is 13.3. The first-order valence-corrected chi connectivity index (χ1v) is 12.1. The first kappa shape index (κ1) is 23.7. The van der Waals surface area contributed by atoms with Crippen molar-refractivity contribution in [2.24, 2.45) is 0 Å². The predicted molar refractivity (Wildman–Crippen MR) is 134 cm³/mol. The van der Waals surface area contributed by atoms with E-state index in [2.05, 4.69) is 15.6 Å². The summed E-state index contributed by atoms with van der Waals surface area (Å²) in [5, 5.41) is 6.04. The zero-order valence-electron chi connectivity index (χ0n) is 19.9. The van der Waals surface area contributed by atoms with Crippen LogP contribution < -0.4 is 16.2 Å². The van der Waals surface area contributed by atoms with E-state index < -0.39 is 0 Å². The molecule has 2 amide bonds. The molecule has 2 aromatic carbocycles. The van der Waals surface area contributed by atoms with Gasteiger partial charge in [0.2, 0.25) is 11.8 Å². The summed E-state index contributed by atoms with van der Waals surface area (Å²) < 4.78 is 1.46. The summed E-state index contributed by atoms with van der Waals surface area (Å²) in [7, 11) is 0. The Hall–Kier alpha value is -3.48. The number of aromatic nitrogens is 2. The number of hydrogen-bond donors (Lipinski definition) is 2. The summed E-state index contributed by atoms with van der Waals surface area (Å²) in [6.07, 6.45) is 5.98. The number of carbonyl (C=O) groups is 2. The van der Waals surface area contributed by atoms with Crippen molar-refractivity contribution in [2.75, 3.05) is 5.32 Å². The van der Waals surface area contributed by atoms with Crippen LogP contribution in [0.3, 0.4) is 0 Å². The highest BCUT2D eigenvalue weighted by Crippen LogP contribution is 2.20. The number of benzene rings is 2. The van der Waals surface area contributed by atoms with Gasteiger partial charge in [0.15, 0.2) is 0 Å². The Bertz CT molecular complexity index is 1240. The maximum Gasteiger partial charge on any atom is 0.273 e. The van der Waals surface area contributed by atoms with Gasteiger partial charge in [-0.15, -0.1) is 0 Å². The number of rotatable bonds is 7. The van der Waals surface area contributed by atoms with Crippen molar-refractivity contribution in [2.45, 2.75) is 71.4 Å². The van der Waals surface area contributed by atoms with Gasteiger partial charge < -0.3 is 10.6 Å². The van der Waals surface area contributed by atoms with Crippen molar-refractivity contribution in [1.29, 1.82) is 0 Å². The fourth-order valence-corrected chi connectivity index (χ4v) is 4.68. The number of hydrogen-bond acceptors (Lipinski definition) is 4. The molecule has 1 aliphatic rings. The minimum atomic E-state index is -0.333. The van der Waals surface area contributed by atoms with Crippen LogP contribution in [0.15, 0.2) is 47.3 Å². The first-order valence-electron chi connectivity index (χ1n) is 12.1. The highest BCUT2D eigenvalue weighted by Gasteiger charge is 2.18. The van der Waals surface area contributed by atoms with Gasteiger partial charge in [-0.3, -0.25) is 19.0 Å². The highest BCUT2D eigenvalue weighted by molar-refractivity contribution is 5.93. The molecule has 3 aromatic rings. The van der Waals surface area contributed by atoms with Gasteiger partial charge in [0.1, 0.15) is 12.2 Å². The van der Waals surface area contributed by atoms with Crippen LogP contribution in [0.25, 0.3) is 11.0 Å². The third-order valence-corrected chi connectivity index (χ3v) is 6.53. The van der Waals surface area contributed by atoms with E-state index in [0.29, 0.717) is 16.7 Å². The third-order valence-electron chi connectivity index (χ3n) is 6.53. The molecule has 1 heterocycles. The molecule has 34 heavy (non-hydrogen) atoms. The van der Waals surface area contributed by atoms with E-state index in [9.17, 15) is 14.4 Å². The van der Waals surface area contributed by atoms with Gasteiger partial charge in [0.05, 0.1) is 11.0 Å². The number of nitrogens with zero attached hydrogens (tertiary/aromatic N) is 2. The van der Waals surface area contributed by atoms with E-state index in [4.69, 9.17) is 0 Å². The smallest absolute Gasteiger partial charge is 0.273 e. The molecule has 0 bridgehead atoms. The average Bonchev–Trinajstić information content (AvgIpc) is 2.83. The molecule has 1 saturated carbocycles. The molecular weight excluding hydrogens is 428 g/mol. The molecule has 0 saturated heterocycles. The summed E-state index contributed by atoms with van der Waals surface area (Å²) in [5.74, 6) is -0.336. The van der Waals surface area contributed by atoms with Gasteiger partial charge in [0.25, 0.3) is 5.56 Å². The number of fused-ring (bicyclic) bond motifs is 1. The average molecular weight is 461 g/mol. The number of anilines is 1. The molecule has 2 N–H and O–H groups in total. The Kier molecular flexibility index (Phi) is 7.40. The van der Waals surface area contributed by atoms with Crippen LogP contribution in [0, 0.1) is 13.8 Å². The normalized spacial score (nSPS) is 14.2. The van der Waals surface area contributed by atoms with Gasteiger partial charge in [-0.05, 0) is 49.9 Å². The third kappa shape index (κ3) is 5.53. The van der Waals surface area contributed by atoms with E-state index >= 15 is 0 Å². The van der Waals surface area contributed by atoms with Gasteiger partial charge in [0, 0.05) is 24.6 Å². The molecule has 7 heteroatoms. The lowest BCUT2D eigenvalue weighted by Crippen LogP contribution is -2.37. The van der Waals surface area contributed by atoms with Gasteiger partial charge in [-0.25, -0.2) is 4.98 Å². The molecule has 1 aromatic heterocycles. The van der Waals surface area contributed by atoms with Gasteiger partial charge in [-0.1, -0.05) is 49.6 Å². The second kappa shape index (κ2) is 10.6. The molecule has 1 aliphatic carbocycles. The molecule has 4 rings (SSSR count). The highest BCUT2D eigenvalue weighted by atomic mass is 16.2. The van der Waals surface area contributed by atoms with E-state index in [1.165, 1.54) is 11.0 Å². The zero-order valence-corrected chi connectivity index (χ0v) is 19.9. The Morgan fingerprint density at radius 1 is 0.971 bits per heavy atom.